The first-order chi connectivity index (χ1) is 9.69. The molecule has 0 atom stereocenters. The molecule has 0 N–H and O–H groups in total. The van der Waals surface area contributed by atoms with E-state index in [0.29, 0.717) is 11.7 Å². The third-order valence-corrected chi connectivity index (χ3v) is 4.73. The molecule has 0 unspecified atom stereocenters. The van der Waals surface area contributed by atoms with Gasteiger partial charge in [0.2, 0.25) is 5.91 Å². The van der Waals surface area contributed by atoms with Crippen molar-refractivity contribution < 1.29 is 4.79 Å². The van der Waals surface area contributed by atoms with E-state index in [1.807, 2.05) is 11.2 Å². The van der Waals surface area contributed by atoms with Gasteiger partial charge in [-0.25, -0.2) is 0 Å². The maximum atomic E-state index is 11.8. The maximum Gasteiger partial charge on any atom is 0.232 e. The van der Waals surface area contributed by atoms with Crippen molar-refractivity contribution in [1.82, 2.24) is 4.90 Å². The Morgan fingerprint density at radius 1 is 1.25 bits per heavy atom. The fraction of sp³-hybridized carbons (Fsp3) is 0.588. The summed E-state index contributed by atoms with van der Waals surface area (Å²) >= 11 is 1.62. The molecule has 3 heteroatoms. The van der Waals surface area contributed by atoms with Crippen LogP contribution >= 0.6 is 11.8 Å². The van der Waals surface area contributed by atoms with Gasteiger partial charge in [0.1, 0.15) is 0 Å². The van der Waals surface area contributed by atoms with Crippen molar-refractivity contribution in [3.63, 3.8) is 0 Å². The molecule has 20 heavy (non-hydrogen) atoms. The standard InChI is InChI=1S/C17H25NOS/c1-14-3-5-15(6-4-14)7-8-16-9-11-18(12-10-16)17(19)13-20-2/h3-6,16H,7-13H2,1-2H3. The average Bonchev–Trinajstić information content (AvgIpc) is 2.47. The molecule has 1 aromatic carbocycles. The zero-order valence-corrected chi connectivity index (χ0v) is 13.4. The van der Waals surface area contributed by atoms with E-state index in [0.717, 1.165) is 19.0 Å². The summed E-state index contributed by atoms with van der Waals surface area (Å²) < 4.78 is 0. The number of amides is 1. The third kappa shape index (κ3) is 4.55. The molecule has 1 fully saturated rings. The van der Waals surface area contributed by atoms with Crippen molar-refractivity contribution in [1.29, 1.82) is 0 Å². The van der Waals surface area contributed by atoms with Gasteiger partial charge in [0.25, 0.3) is 0 Å². The maximum absolute atomic E-state index is 11.8. The molecule has 0 aliphatic carbocycles. The quantitative estimate of drug-likeness (QED) is 0.827. The second kappa shape index (κ2) is 7.72. The number of rotatable bonds is 5. The number of carbonyl (C=O) groups is 1. The van der Waals surface area contributed by atoms with Crippen molar-refractivity contribution in [2.75, 3.05) is 25.1 Å². The molecular formula is C17H25NOS. The van der Waals surface area contributed by atoms with Crippen molar-refractivity contribution in [2.45, 2.75) is 32.6 Å². The zero-order chi connectivity index (χ0) is 14.4. The van der Waals surface area contributed by atoms with Gasteiger partial charge in [0.05, 0.1) is 5.75 Å². The number of aryl methyl sites for hydroxylation is 2. The number of nitrogens with zero attached hydrogens (tertiary/aromatic N) is 1. The number of hydrogen-bond donors (Lipinski definition) is 0. The first-order valence-electron chi connectivity index (χ1n) is 7.51. The summed E-state index contributed by atoms with van der Waals surface area (Å²) in [5.74, 6) is 1.73. The van der Waals surface area contributed by atoms with Gasteiger partial charge in [-0.15, -0.1) is 0 Å². The molecule has 2 rings (SSSR count). The van der Waals surface area contributed by atoms with E-state index in [2.05, 4.69) is 31.2 Å². The van der Waals surface area contributed by atoms with Crippen LogP contribution in [0.5, 0.6) is 0 Å². The zero-order valence-electron chi connectivity index (χ0n) is 12.6. The van der Waals surface area contributed by atoms with Crippen LogP contribution in [0.25, 0.3) is 0 Å². The lowest BCUT2D eigenvalue weighted by Crippen LogP contribution is -2.39. The highest BCUT2D eigenvalue weighted by atomic mass is 32.2. The van der Waals surface area contributed by atoms with Gasteiger partial charge in [0, 0.05) is 13.1 Å². The SMILES string of the molecule is CSCC(=O)N1CCC(CCc2ccc(C)cc2)CC1. The smallest absolute Gasteiger partial charge is 0.232 e. The third-order valence-electron chi connectivity index (χ3n) is 4.20. The summed E-state index contributed by atoms with van der Waals surface area (Å²) in [7, 11) is 0. The van der Waals surface area contributed by atoms with Gasteiger partial charge < -0.3 is 4.90 Å². The number of hydrogen-bond acceptors (Lipinski definition) is 2. The summed E-state index contributed by atoms with van der Waals surface area (Å²) in [5, 5.41) is 0. The van der Waals surface area contributed by atoms with Crippen LogP contribution in [0.1, 0.15) is 30.4 Å². The van der Waals surface area contributed by atoms with Crippen LogP contribution in [0.4, 0.5) is 0 Å². The summed E-state index contributed by atoms with van der Waals surface area (Å²) in [6.07, 6.45) is 6.77. The molecule has 110 valence electrons. The lowest BCUT2D eigenvalue weighted by atomic mass is 9.90. The van der Waals surface area contributed by atoms with Crippen LogP contribution in [-0.2, 0) is 11.2 Å². The van der Waals surface area contributed by atoms with Crippen LogP contribution in [-0.4, -0.2) is 35.9 Å². The van der Waals surface area contributed by atoms with E-state index < -0.39 is 0 Å². The fourth-order valence-corrected chi connectivity index (χ4v) is 3.24. The molecule has 1 saturated heterocycles. The molecule has 1 aromatic rings. The van der Waals surface area contributed by atoms with Gasteiger partial charge >= 0.3 is 0 Å². The van der Waals surface area contributed by atoms with Crippen LogP contribution in [0.2, 0.25) is 0 Å². The molecule has 1 heterocycles. The summed E-state index contributed by atoms with van der Waals surface area (Å²) in [6.45, 7) is 4.04. The van der Waals surface area contributed by atoms with Crippen molar-refractivity contribution in [3.05, 3.63) is 35.4 Å². The minimum absolute atomic E-state index is 0.314. The van der Waals surface area contributed by atoms with Gasteiger partial charge in [-0.1, -0.05) is 29.8 Å². The van der Waals surface area contributed by atoms with Crippen LogP contribution in [0.3, 0.4) is 0 Å². The number of piperidine rings is 1. The number of thioether (sulfide) groups is 1. The number of carbonyl (C=O) groups excluding carboxylic acids is 1. The van der Waals surface area contributed by atoms with E-state index >= 15 is 0 Å². The van der Waals surface area contributed by atoms with Crippen LogP contribution in [0.15, 0.2) is 24.3 Å². The molecule has 0 radical (unpaired) electrons. The molecule has 0 bridgehead atoms. The monoisotopic (exact) mass is 291 g/mol. The van der Waals surface area contributed by atoms with Crippen molar-refractivity contribution in [3.8, 4) is 0 Å². The Morgan fingerprint density at radius 3 is 2.50 bits per heavy atom. The minimum atomic E-state index is 0.314. The van der Waals surface area contributed by atoms with Crippen molar-refractivity contribution >= 4 is 17.7 Å². The topological polar surface area (TPSA) is 20.3 Å². The lowest BCUT2D eigenvalue weighted by molar-refractivity contribution is -0.129. The molecule has 0 spiro atoms. The van der Waals surface area contributed by atoms with E-state index in [4.69, 9.17) is 0 Å². The molecule has 2 nitrogen and oxygen atoms in total. The predicted molar refractivity (Wildman–Crippen MR) is 87.2 cm³/mol. The Labute approximate surface area is 126 Å². The van der Waals surface area contributed by atoms with Gasteiger partial charge in [-0.05, 0) is 50.3 Å². The largest absolute Gasteiger partial charge is 0.342 e. The Morgan fingerprint density at radius 2 is 1.90 bits per heavy atom. The Bertz CT molecular complexity index is 421. The Kier molecular flexibility index (Phi) is 5.96. The van der Waals surface area contributed by atoms with Crippen molar-refractivity contribution in [2.24, 2.45) is 5.92 Å². The second-order valence-corrected chi connectivity index (χ2v) is 6.65. The normalized spacial score (nSPS) is 16.4. The summed E-state index contributed by atoms with van der Waals surface area (Å²) in [5.41, 5.74) is 2.77. The molecule has 1 aliphatic rings. The fourth-order valence-electron chi connectivity index (χ4n) is 2.81. The van der Waals surface area contributed by atoms with Gasteiger partial charge in [0.15, 0.2) is 0 Å². The summed E-state index contributed by atoms with van der Waals surface area (Å²) in [6, 6.07) is 8.87. The van der Waals surface area contributed by atoms with E-state index in [1.54, 1.807) is 11.8 Å². The molecule has 1 amide bonds. The van der Waals surface area contributed by atoms with Crippen LogP contribution in [0, 0.1) is 12.8 Å². The second-order valence-electron chi connectivity index (χ2n) is 5.78. The van der Waals surface area contributed by atoms with E-state index in [1.165, 1.54) is 36.8 Å². The number of benzene rings is 1. The average molecular weight is 291 g/mol. The summed E-state index contributed by atoms with van der Waals surface area (Å²) in [4.78, 5) is 13.9. The first kappa shape index (κ1) is 15.4. The minimum Gasteiger partial charge on any atom is -0.342 e. The highest BCUT2D eigenvalue weighted by Gasteiger charge is 2.21. The van der Waals surface area contributed by atoms with E-state index in [9.17, 15) is 4.79 Å². The first-order valence-corrected chi connectivity index (χ1v) is 8.90. The molecule has 0 aromatic heterocycles. The molecule has 0 saturated carbocycles. The number of likely N-dealkylation sites (tertiary alicyclic amines) is 1. The predicted octanol–water partition coefficient (Wildman–Crippen LogP) is 3.53. The highest BCUT2D eigenvalue weighted by molar-refractivity contribution is 7.99. The molecular weight excluding hydrogens is 266 g/mol. The Balaban J connectivity index is 1.72. The van der Waals surface area contributed by atoms with Gasteiger partial charge in [-0.3, -0.25) is 4.79 Å². The van der Waals surface area contributed by atoms with E-state index in [-0.39, 0.29) is 0 Å². The van der Waals surface area contributed by atoms with Crippen LogP contribution < -0.4 is 0 Å². The van der Waals surface area contributed by atoms with Gasteiger partial charge in [-0.2, -0.15) is 11.8 Å². The Hall–Kier alpha value is -0.960. The lowest BCUT2D eigenvalue weighted by Gasteiger charge is -2.32. The molecule has 1 aliphatic heterocycles. The highest BCUT2D eigenvalue weighted by Crippen LogP contribution is 2.23.